The van der Waals surface area contributed by atoms with Gasteiger partial charge in [0.2, 0.25) is 0 Å². The third-order valence-electron chi connectivity index (χ3n) is 3.82. The van der Waals surface area contributed by atoms with Crippen molar-refractivity contribution in [3.63, 3.8) is 0 Å². The van der Waals surface area contributed by atoms with E-state index in [1.54, 1.807) is 29.1 Å². The monoisotopic (exact) mass is 375 g/mol. The number of hydrogen-bond acceptors (Lipinski definition) is 4. The van der Waals surface area contributed by atoms with Crippen LogP contribution >= 0.6 is 0 Å². The second-order valence-corrected chi connectivity index (χ2v) is 5.62. The third-order valence-corrected chi connectivity index (χ3v) is 3.82. The number of nitrogens with zero attached hydrogens (tertiary/aromatic N) is 3. The minimum atomic E-state index is -4.46. The van der Waals surface area contributed by atoms with E-state index >= 15 is 0 Å². The zero-order chi connectivity index (χ0) is 19.4. The number of halogens is 3. The molecule has 27 heavy (non-hydrogen) atoms. The first-order chi connectivity index (χ1) is 12.9. The molecule has 140 valence electrons. The molecular weight excluding hydrogens is 359 g/mol. The summed E-state index contributed by atoms with van der Waals surface area (Å²) in [6, 6.07) is 9.89. The van der Waals surface area contributed by atoms with Gasteiger partial charge in [-0.1, -0.05) is 19.1 Å². The van der Waals surface area contributed by atoms with Crippen molar-refractivity contribution in [2.75, 3.05) is 5.43 Å². The molecule has 0 aliphatic rings. The lowest BCUT2D eigenvalue weighted by Crippen LogP contribution is -2.30. The molecule has 3 aromatic rings. The first-order valence-electron chi connectivity index (χ1n) is 8.12. The fraction of sp³-hybridized carbons (Fsp3) is 0.167. The van der Waals surface area contributed by atoms with Crippen molar-refractivity contribution in [1.29, 1.82) is 0 Å². The predicted molar refractivity (Wildman–Crippen MR) is 93.3 cm³/mol. The molecule has 0 fully saturated rings. The summed E-state index contributed by atoms with van der Waals surface area (Å²) in [7, 11) is 0. The lowest BCUT2D eigenvalue weighted by molar-refractivity contribution is -0.137. The van der Waals surface area contributed by atoms with E-state index in [2.05, 4.69) is 20.9 Å². The first-order valence-corrected chi connectivity index (χ1v) is 8.12. The number of anilines is 1. The number of nitrogens with one attached hydrogen (secondary N) is 2. The number of aromatic nitrogens is 3. The quantitative estimate of drug-likeness (QED) is 0.669. The van der Waals surface area contributed by atoms with Crippen molar-refractivity contribution in [1.82, 2.24) is 20.2 Å². The molecule has 1 amide bonds. The van der Waals surface area contributed by atoms with Crippen LogP contribution < -0.4 is 10.9 Å². The van der Waals surface area contributed by atoms with Crippen LogP contribution in [0.5, 0.6) is 0 Å². The summed E-state index contributed by atoms with van der Waals surface area (Å²) in [6.07, 6.45) is -0.925. The molecule has 6 nitrogen and oxygen atoms in total. The molecular formula is C18H16F3N5O. The summed E-state index contributed by atoms with van der Waals surface area (Å²) in [4.78, 5) is 16.7. The number of rotatable bonds is 5. The van der Waals surface area contributed by atoms with Crippen molar-refractivity contribution in [2.45, 2.75) is 19.5 Å². The highest BCUT2D eigenvalue weighted by molar-refractivity contribution is 5.95. The highest BCUT2D eigenvalue weighted by Crippen LogP contribution is 2.30. The van der Waals surface area contributed by atoms with Crippen LogP contribution in [0, 0.1) is 0 Å². The highest BCUT2D eigenvalue weighted by Gasteiger charge is 2.30. The number of carbonyl (C=O) groups excluding carboxylic acids is 1. The van der Waals surface area contributed by atoms with E-state index < -0.39 is 17.6 Å². The molecule has 0 saturated heterocycles. The summed E-state index contributed by atoms with van der Waals surface area (Å²) in [5, 5.41) is 4.20. The van der Waals surface area contributed by atoms with Crippen LogP contribution in [0.4, 0.5) is 18.9 Å². The summed E-state index contributed by atoms with van der Waals surface area (Å²) < 4.78 is 39.8. The topological polar surface area (TPSA) is 71.8 Å². The Morgan fingerprint density at radius 1 is 1.19 bits per heavy atom. The average molecular weight is 375 g/mol. The van der Waals surface area contributed by atoms with E-state index in [9.17, 15) is 18.0 Å². The van der Waals surface area contributed by atoms with E-state index in [-0.39, 0.29) is 5.69 Å². The highest BCUT2D eigenvalue weighted by atomic mass is 19.4. The van der Waals surface area contributed by atoms with E-state index in [1.165, 1.54) is 18.3 Å². The maximum Gasteiger partial charge on any atom is 0.416 e. The molecule has 0 bridgehead atoms. The molecule has 1 aromatic carbocycles. The van der Waals surface area contributed by atoms with E-state index in [0.29, 0.717) is 23.5 Å². The number of pyridine rings is 1. The van der Waals surface area contributed by atoms with Gasteiger partial charge in [0.05, 0.1) is 28.7 Å². The van der Waals surface area contributed by atoms with Crippen molar-refractivity contribution in [3.8, 4) is 5.82 Å². The van der Waals surface area contributed by atoms with Crippen molar-refractivity contribution >= 4 is 11.6 Å². The van der Waals surface area contributed by atoms with Gasteiger partial charge in [-0.25, -0.2) is 9.67 Å². The van der Waals surface area contributed by atoms with Gasteiger partial charge in [0.1, 0.15) is 0 Å². The molecule has 2 N–H and O–H groups in total. The second kappa shape index (κ2) is 7.48. The molecule has 0 aliphatic carbocycles. The van der Waals surface area contributed by atoms with Gasteiger partial charge in [-0.2, -0.15) is 18.3 Å². The largest absolute Gasteiger partial charge is 0.416 e. The molecule has 0 spiro atoms. The van der Waals surface area contributed by atoms with Gasteiger partial charge < -0.3 is 0 Å². The van der Waals surface area contributed by atoms with Gasteiger partial charge in [-0.05, 0) is 36.8 Å². The normalized spacial score (nSPS) is 11.3. The standard InChI is InChI=1S/C18H16F3N5O/c1-2-15-14(11-23-26(15)16-8-3-4-9-22-16)17(27)25-24-13-7-5-6-12(10-13)18(19,20)21/h3-11,24H,2H2,1H3,(H,25,27). The van der Waals surface area contributed by atoms with Crippen molar-refractivity contribution < 1.29 is 18.0 Å². The second-order valence-electron chi connectivity index (χ2n) is 5.62. The Hall–Kier alpha value is -3.36. The van der Waals surface area contributed by atoms with Gasteiger partial charge in [-0.3, -0.25) is 15.6 Å². The molecule has 3 rings (SSSR count). The molecule has 0 unspecified atom stereocenters. The van der Waals surface area contributed by atoms with Crippen molar-refractivity contribution in [3.05, 3.63) is 71.7 Å². The Bertz CT molecular complexity index is 938. The fourth-order valence-corrected chi connectivity index (χ4v) is 2.55. The number of carbonyl (C=O) groups is 1. The number of alkyl halides is 3. The van der Waals surface area contributed by atoms with Gasteiger partial charge in [0, 0.05) is 6.20 Å². The lowest BCUT2D eigenvalue weighted by Gasteiger charge is -2.12. The average Bonchev–Trinajstić information content (AvgIpc) is 3.10. The summed E-state index contributed by atoms with van der Waals surface area (Å²) in [5.74, 6) is 0.0608. The maximum absolute atomic E-state index is 12.8. The van der Waals surface area contributed by atoms with Gasteiger partial charge in [0.15, 0.2) is 5.82 Å². The summed E-state index contributed by atoms with van der Waals surface area (Å²) >= 11 is 0. The Morgan fingerprint density at radius 3 is 2.67 bits per heavy atom. The Kier molecular flexibility index (Phi) is 5.11. The fourth-order valence-electron chi connectivity index (χ4n) is 2.55. The van der Waals surface area contributed by atoms with Gasteiger partial charge in [0.25, 0.3) is 5.91 Å². The van der Waals surface area contributed by atoms with Crippen LogP contribution in [0.2, 0.25) is 0 Å². The molecule has 0 radical (unpaired) electrons. The van der Waals surface area contributed by atoms with Crippen LogP contribution in [0.25, 0.3) is 5.82 Å². The predicted octanol–water partition coefficient (Wildman–Crippen LogP) is 3.61. The summed E-state index contributed by atoms with van der Waals surface area (Å²) in [6.45, 7) is 1.87. The molecule has 0 aliphatic heterocycles. The Balaban J connectivity index is 1.77. The van der Waals surface area contributed by atoms with E-state index in [1.807, 2.05) is 6.92 Å². The molecule has 2 aromatic heterocycles. The molecule has 0 saturated carbocycles. The van der Waals surface area contributed by atoms with Gasteiger partial charge >= 0.3 is 6.18 Å². The lowest BCUT2D eigenvalue weighted by atomic mass is 10.2. The summed E-state index contributed by atoms with van der Waals surface area (Å²) in [5.41, 5.74) is 5.16. The zero-order valence-corrected chi connectivity index (χ0v) is 14.3. The first kappa shape index (κ1) is 18.4. The van der Waals surface area contributed by atoms with E-state index in [4.69, 9.17) is 0 Å². The third kappa shape index (κ3) is 4.08. The maximum atomic E-state index is 12.8. The van der Waals surface area contributed by atoms with Crippen LogP contribution in [-0.4, -0.2) is 20.7 Å². The van der Waals surface area contributed by atoms with E-state index in [0.717, 1.165) is 12.1 Å². The Labute approximate surface area is 153 Å². The van der Waals surface area contributed by atoms with Crippen molar-refractivity contribution in [2.24, 2.45) is 0 Å². The Morgan fingerprint density at radius 2 is 2.00 bits per heavy atom. The molecule has 0 atom stereocenters. The SMILES string of the molecule is CCc1c(C(=O)NNc2cccc(C(F)(F)F)c2)cnn1-c1ccccn1. The molecule has 9 heteroatoms. The number of benzene rings is 1. The number of hydrazine groups is 1. The van der Waals surface area contributed by atoms with Crippen LogP contribution in [0.3, 0.4) is 0 Å². The minimum Gasteiger partial charge on any atom is -0.298 e. The van der Waals surface area contributed by atoms with Crippen LogP contribution in [0.1, 0.15) is 28.5 Å². The van der Waals surface area contributed by atoms with Crippen LogP contribution in [0.15, 0.2) is 54.9 Å². The smallest absolute Gasteiger partial charge is 0.298 e. The number of amides is 1. The number of hydrogen-bond donors (Lipinski definition) is 2. The van der Waals surface area contributed by atoms with Crippen LogP contribution in [-0.2, 0) is 12.6 Å². The van der Waals surface area contributed by atoms with Gasteiger partial charge in [-0.15, -0.1) is 0 Å². The minimum absolute atomic E-state index is 0.119. The molecule has 2 heterocycles. The zero-order valence-electron chi connectivity index (χ0n) is 14.3.